The minimum atomic E-state index is -0.491. The lowest BCUT2D eigenvalue weighted by Crippen LogP contribution is -2.44. The number of nitrogens with one attached hydrogen (secondary N) is 2. The normalized spacial score (nSPS) is 16.1. The predicted octanol–water partition coefficient (Wildman–Crippen LogP) is 2.11. The highest BCUT2D eigenvalue weighted by Crippen LogP contribution is 2.19. The number of anilines is 1. The van der Waals surface area contributed by atoms with Crippen LogP contribution < -0.4 is 26.0 Å². The molecule has 29 heavy (non-hydrogen) atoms. The van der Waals surface area contributed by atoms with Crippen molar-refractivity contribution in [3.8, 4) is 5.75 Å². The Hall–Kier alpha value is -2.49. The van der Waals surface area contributed by atoms with Crippen molar-refractivity contribution in [2.75, 3.05) is 31.6 Å². The summed E-state index contributed by atoms with van der Waals surface area (Å²) in [6.45, 7) is 2.45. The van der Waals surface area contributed by atoms with Crippen LogP contribution in [0.2, 0.25) is 0 Å². The Morgan fingerprint density at radius 2 is 2.03 bits per heavy atom. The summed E-state index contributed by atoms with van der Waals surface area (Å²) in [7, 11) is 1.77. The van der Waals surface area contributed by atoms with Gasteiger partial charge < -0.3 is 26.0 Å². The van der Waals surface area contributed by atoms with Crippen molar-refractivity contribution < 1.29 is 9.53 Å². The molecule has 1 atom stereocenters. The van der Waals surface area contributed by atoms with E-state index in [0.717, 1.165) is 31.0 Å². The van der Waals surface area contributed by atoms with E-state index in [1.807, 2.05) is 24.3 Å². The minimum Gasteiger partial charge on any atom is -0.484 e. The highest BCUT2D eigenvalue weighted by atomic mass is 127. The third-order valence-corrected chi connectivity index (χ3v) is 4.61. The first kappa shape index (κ1) is 22.8. The van der Waals surface area contributed by atoms with Crippen molar-refractivity contribution in [3.05, 3.63) is 60.2 Å². The fraction of sp³-hybridized carbons (Fsp3) is 0.333. The molecular weight excluding hydrogens is 481 g/mol. The molecule has 0 bridgehead atoms. The highest BCUT2D eigenvalue weighted by Gasteiger charge is 2.23. The van der Waals surface area contributed by atoms with Gasteiger partial charge in [0, 0.05) is 38.4 Å². The number of benzene rings is 2. The molecule has 1 unspecified atom stereocenters. The van der Waals surface area contributed by atoms with E-state index in [1.165, 1.54) is 5.69 Å². The Labute approximate surface area is 188 Å². The van der Waals surface area contributed by atoms with Gasteiger partial charge in [-0.15, -0.1) is 24.0 Å². The number of carbonyl (C=O) groups excluding carboxylic acids is 1. The van der Waals surface area contributed by atoms with Crippen LogP contribution in [-0.4, -0.2) is 44.7 Å². The van der Waals surface area contributed by atoms with E-state index in [0.29, 0.717) is 18.3 Å². The van der Waals surface area contributed by atoms with Crippen molar-refractivity contribution in [2.24, 2.45) is 10.7 Å². The highest BCUT2D eigenvalue weighted by molar-refractivity contribution is 14.0. The molecule has 1 aliphatic heterocycles. The minimum absolute atomic E-state index is 0. The van der Waals surface area contributed by atoms with E-state index in [-0.39, 0.29) is 30.6 Å². The van der Waals surface area contributed by atoms with Crippen LogP contribution in [0.4, 0.5) is 5.69 Å². The summed E-state index contributed by atoms with van der Waals surface area (Å²) >= 11 is 0. The molecule has 0 spiro atoms. The number of hydrogen-bond donors (Lipinski definition) is 3. The lowest BCUT2D eigenvalue weighted by Gasteiger charge is -2.20. The van der Waals surface area contributed by atoms with Gasteiger partial charge in [-0.2, -0.15) is 0 Å². The number of carbonyl (C=O) groups is 1. The van der Waals surface area contributed by atoms with Crippen LogP contribution in [0.15, 0.2) is 59.6 Å². The Kier molecular flexibility index (Phi) is 9.04. The Bertz CT molecular complexity index is 816. The lowest BCUT2D eigenvalue weighted by molar-refractivity contribution is -0.119. The summed E-state index contributed by atoms with van der Waals surface area (Å²) in [6, 6.07) is 18.4. The molecule has 1 saturated heterocycles. The van der Waals surface area contributed by atoms with Gasteiger partial charge in [0.2, 0.25) is 0 Å². The number of primary amides is 1. The predicted molar refractivity (Wildman–Crippen MR) is 127 cm³/mol. The van der Waals surface area contributed by atoms with Crippen molar-refractivity contribution in [1.82, 2.24) is 10.6 Å². The summed E-state index contributed by atoms with van der Waals surface area (Å²) < 4.78 is 5.35. The van der Waals surface area contributed by atoms with Gasteiger partial charge in [0.25, 0.3) is 5.91 Å². The third kappa shape index (κ3) is 7.12. The van der Waals surface area contributed by atoms with Crippen LogP contribution in [-0.2, 0) is 11.3 Å². The quantitative estimate of drug-likeness (QED) is 0.302. The molecule has 4 N–H and O–H groups in total. The van der Waals surface area contributed by atoms with E-state index in [1.54, 1.807) is 13.1 Å². The number of rotatable bonds is 7. The number of nitrogens with two attached hydrogens (primary N) is 1. The van der Waals surface area contributed by atoms with Crippen molar-refractivity contribution in [2.45, 2.75) is 19.0 Å². The molecule has 1 aliphatic rings. The average molecular weight is 509 g/mol. The average Bonchev–Trinajstić information content (AvgIpc) is 3.19. The summed E-state index contributed by atoms with van der Waals surface area (Å²) in [5, 5.41) is 6.83. The third-order valence-electron chi connectivity index (χ3n) is 4.61. The van der Waals surface area contributed by atoms with Crippen LogP contribution in [0.5, 0.6) is 5.75 Å². The van der Waals surface area contributed by atoms with Gasteiger partial charge in [-0.1, -0.05) is 30.3 Å². The topological polar surface area (TPSA) is 92.0 Å². The number of guanidine groups is 1. The molecule has 1 heterocycles. The Morgan fingerprint density at radius 1 is 1.24 bits per heavy atom. The van der Waals surface area contributed by atoms with Crippen LogP contribution in [0.25, 0.3) is 0 Å². The maximum absolute atomic E-state index is 10.8. The maximum Gasteiger partial charge on any atom is 0.255 e. The first-order chi connectivity index (χ1) is 13.6. The number of amides is 1. The van der Waals surface area contributed by atoms with Gasteiger partial charge in [-0.3, -0.25) is 9.79 Å². The van der Waals surface area contributed by atoms with E-state index in [4.69, 9.17) is 10.5 Å². The SMILES string of the molecule is CN=C(NCc1cccc(OCC(N)=O)c1)NC1CCN(c2ccccc2)C1.I. The van der Waals surface area contributed by atoms with E-state index in [9.17, 15) is 4.79 Å². The molecule has 8 heteroatoms. The zero-order valence-electron chi connectivity index (χ0n) is 16.5. The standard InChI is InChI=1S/C21H27N5O2.HI/c1-23-21(24-13-16-6-5-9-19(12-16)28-15-20(22)27)25-17-10-11-26(14-17)18-7-3-2-4-8-18;/h2-9,12,17H,10-11,13-15H2,1H3,(H2,22,27)(H2,23,24,25);1H. The number of para-hydroxylation sites is 1. The van der Waals surface area contributed by atoms with Gasteiger partial charge in [-0.05, 0) is 36.2 Å². The van der Waals surface area contributed by atoms with Gasteiger partial charge in [0.1, 0.15) is 5.75 Å². The second-order valence-electron chi connectivity index (χ2n) is 6.74. The van der Waals surface area contributed by atoms with Gasteiger partial charge in [-0.25, -0.2) is 0 Å². The summed E-state index contributed by atoms with van der Waals surface area (Å²) in [6.07, 6.45) is 1.06. The first-order valence-electron chi connectivity index (χ1n) is 9.41. The fourth-order valence-electron chi connectivity index (χ4n) is 3.22. The molecule has 0 saturated carbocycles. The van der Waals surface area contributed by atoms with Gasteiger partial charge in [0.05, 0.1) is 0 Å². The van der Waals surface area contributed by atoms with Crippen molar-refractivity contribution >= 4 is 41.5 Å². The number of nitrogens with zero attached hydrogens (tertiary/aromatic N) is 2. The lowest BCUT2D eigenvalue weighted by atomic mass is 10.2. The second-order valence-corrected chi connectivity index (χ2v) is 6.74. The largest absolute Gasteiger partial charge is 0.484 e. The van der Waals surface area contributed by atoms with Crippen LogP contribution >= 0.6 is 24.0 Å². The van der Waals surface area contributed by atoms with Crippen LogP contribution in [0.1, 0.15) is 12.0 Å². The molecule has 0 aromatic heterocycles. The zero-order valence-corrected chi connectivity index (χ0v) is 18.8. The van der Waals surface area contributed by atoms with Gasteiger partial charge in [0.15, 0.2) is 12.6 Å². The van der Waals surface area contributed by atoms with Crippen LogP contribution in [0.3, 0.4) is 0 Å². The smallest absolute Gasteiger partial charge is 0.255 e. The Morgan fingerprint density at radius 3 is 2.76 bits per heavy atom. The monoisotopic (exact) mass is 509 g/mol. The maximum atomic E-state index is 10.8. The van der Waals surface area contributed by atoms with Crippen LogP contribution in [0, 0.1) is 0 Å². The molecule has 2 aromatic carbocycles. The van der Waals surface area contributed by atoms with E-state index >= 15 is 0 Å². The van der Waals surface area contributed by atoms with E-state index < -0.39 is 5.91 Å². The van der Waals surface area contributed by atoms with E-state index in [2.05, 4.69) is 44.8 Å². The molecule has 0 aliphatic carbocycles. The molecule has 1 fully saturated rings. The molecule has 2 aromatic rings. The number of hydrogen-bond acceptors (Lipinski definition) is 4. The fourth-order valence-corrected chi connectivity index (χ4v) is 3.22. The molecule has 3 rings (SSSR count). The molecular formula is C21H28IN5O2. The van der Waals surface area contributed by atoms with Gasteiger partial charge >= 0.3 is 0 Å². The number of ether oxygens (including phenoxy) is 1. The Balaban J connectivity index is 0.00000300. The first-order valence-corrected chi connectivity index (χ1v) is 9.41. The molecule has 0 radical (unpaired) electrons. The number of aliphatic imine (C=N–C) groups is 1. The molecule has 156 valence electrons. The van der Waals surface area contributed by atoms with Crippen molar-refractivity contribution in [3.63, 3.8) is 0 Å². The zero-order chi connectivity index (χ0) is 19.8. The number of halogens is 1. The second kappa shape index (κ2) is 11.5. The summed E-state index contributed by atoms with van der Waals surface area (Å²) in [5.41, 5.74) is 7.40. The van der Waals surface area contributed by atoms with Crippen molar-refractivity contribution in [1.29, 1.82) is 0 Å². The summed E-state index contributed by atoms with van der Waals surface area (Å²) in [4.78, 5) is 17.6. The molecule has 1 amide bonds. The summed E-state index contributed by atoms with van der Waals surface area (Å²) in [5.74, 6) is 0.896. The molecule has 7 nitrogen and oxygen atoms in total.